The molecule has 1 saturated heterocycles. The molecule has 0 radical (unpaired) electrons. The SMILES string of the molecule is O=C(CSc1nc(CO)cn1Cc1ccc(Cl)cc1)N1CCN(c2ccccc2)CC1. The second-order valence-electron chi connectivity index (χ2n) is 7.42. The number of amides is 1. The van der Waals surface area contributed by atoms with E-state index in [1.54, 1.807) is 0 Å². The van der Waals surface area contributed by atoms with Crippen molar-refractivity contribution >= 4 is 35.0 Å². The predicted molar refractivity (Wildman–Crippen MR) is 125 cm³/mol. The van der Waals surface area contributed by atoms with Gasteiger partial charge in [-0.1, -0.05) is 53.7 Å². The van der Waals surface area contributed by atoms with Crippen molar-refractivity contribution in [3.8, 4) is 0 Å². The molecule has 8 heteroatoms. The molecule has 1 amide bonds. The molecule has 0 aliphatic carbocycles. The first-order chi connectivity index (χ1) is 15.1. The summed E-state index contributed by atoms with van der Waals surface area (Å²) in [4.78, 5) is 21.5. The van der Waals surface area contributed by atoms with Crippen LogP contribution in [0.1, 0.15) is 11.3 Å². The van der Waals surface area contributed by atoms with E-state index in [9.17, 15) is 9.90 Å². The van der Waals surface area contributed by atoms with E-state index < -0.39 is 0 Å². The van der Waals surface area contributed by atoms with Gasteiger partial charge in [0.1, 0.15) is 0 Å². The number of carbonyl (C=O) groups excluding carboxylic acids is 1. The number of anilines is 1. The van der Waals surface area contributed by atoms with Gasteiger partial charge in [-0.2, -0.15) is 0 Å². The molecular weight excluding hydrogens is 432 g/mol. The van der Waals surface area contributed by atoms with Crippen LogP contribution in [0.3, 0.4) is 0 Å². The summed E-state index contributed by atoms with van der Waals surface area (Å²) in [5, 5.41) is 10.9. The third kappa shape index (κ3) is 5.61. The molecule has 0 unspecified atom stereocenters. The van der Waals surface area contributed by atoms with Gasteiger partial charge < -0.3 is 19.5 Å². The number of piperazine rings is 1. The summed E-state index contributed by atoms with van der Waals surface area (Å²) in [5.74, 6) is 0.442. The van der Waals surface area contributed by atoms with Crippen LogP contribution in [0.4, 0.5) is 5.69 Å². The zero-order valence-corrected chi connectivity index (χ0v) is 18.7. The van der Waals surface area contributed by atoms with Crippen molar-refractivity contribution in [1.29, 1.82) is 0 Å². The number of rotatable bonds is 7. The molecule has 4 rings (SSSR count). The third-order valence-corrected chi connectivity index (χ3v) is 6.52. The molecular formula is C23H25ClN4O2S. The van der Waals surface area contributed by atoms with E-state index in [0.717, 1.165) is 36.9 Å². The van der Waals surface area contributed by atoms with Crippen molar-refractivity contribution in [3.05, 3.63) is 77.1 Å². The maximum Gasteiger partial charge on any atom is 0.233 e. The van der Waals surface area contributed by atoms with Gasteiger partial charge in [-0.3, -0.25) is 4.79 Å². The molecule has 0 bridgehead atoms. The Hall–Kier alpha value is -2.48. The quantitative estimate of drug-likeness (QED) is 0.551. The van der Waals surface area contributed by atoms with E-state index in [-0.39, 0.29) is 12.5 Å². The van der Waals surface area contributed by atoms with E-state index in [4.69, 9.17) is 11.6 Å². The first-order valence-corrected chi connectivity index (χ1v) is 11.6. The number of hydrogen-bond acceptors (Lipinski definition) is 5. The molecule has 1 aliphatic heterocycles. The summed E-state index contributed by atoms with van der Waals surface area (Å²) in [7, 11) is 0. The second-order valence-corrected chi connectivity index (χ2v) is 8.80. The Morgan fingerprint density at radius 1 is 1.03 bits per heavy atom. The molecule has 1 aromatic heterocycles. The minimum Gasteiger partial charge on any atom is -0.390 e. The highest BCUT2D eigenvalue weighted by Gasteiger charge is 2.22. The summed E-state index contributed by atoms with van der Waals surface area (Å²) in [6.07, 6.45) is 1.83. The Morgan fingerprint density at radius 2 is 1.74 bits per heavy atom. The highest BCUT2D eigenvalue weighted by atomic mass is 35.5. The molecule has 3 aromatic rings. The van der Waals surface area contributed by atoms with Crippen molar-refractivity contribution in [2.45, 2.75) is 18.3 Å². The van der Waals surface area contributed by atoms with E-state index >= 15 is 0 Å². The number of halogens is 1. The van der Waals surface area contributed by atoms with Gasteiger partial charge in [-0.05, 0) is 29.8 Å². The van der Waals surface area contributed by atoms with Crippen LogP contribution < -0.4 is 4.90 Å². The first kappa shape index (κ1) is 21.7. The van der Waals surface area contributed by atoms with E-state index in [0.29, 0.717) is 23.0 Å². The fourth-order valence-electron chi connectivity index (χ4n) is 3.61. The molecule has 0 atom stereocenters. The summed E-state index contributed by atoms with van der Waals surface area (Å²) < 4.78 is 1.97. The molecule has 1 aliphatic rings. The van der Waals surface area contributed by atoms with E-state index in [1.165, 1.54) is 17.4 Å². The predicted octanol–water partition coefficient (Wildman–Crippen LogP) is 3.52. The monoisotopic (exact) mass is 456 g/mol. The molecule has 6 nitrogen and oxygen atoms in total. The van der Waals surface area contributed by atoms with Crippen LogP contribution in [0.15, 0.2) is 66.0 Å². The lowest BCUT2D eigenvalue weighted by molar-refractivity contribution is -0.128. The van der Waals surface area contributed by atoms with Crippen LogP contribution in [0, 0.1) is 0 Å². The van der Waals surface area contributed by atoms with Crippen LogP contribution in [0.2, 0.25) is 5.02 Å². The number of aliphatic hydroxyl groups excluding tert-OH is 1. The van der Waals surface area contributed by atoms with Crippen LogP contribution in [-0.4, -0.2) is 57.4 Å². The Bertz CT molecular complexity index is 1000. The van der Waals surface area contributed by atoms with Crippen LogP contribution in [-0.2, 0) is 17.9 Å². The fourth-order valence-corrected chi connectivity index (χ4v) is 4.64. The molecule has 1 fully saturated rings. The van der Waals surface area contributed by atoms with Crippen molar-refractivity contribution in [3.63, 3.8) is 0 Å². The number of aliphatic hydroxyl groups is 1. The molecule has 1 N–H and O–H groups in total. The Morgan fingerprint density at radius 3 is 2.42 bits per heavy atom. The molecule has 31 heavy (non-hydrogen) atoms. The largest absolute Gasteiger partial charge is 0.390 e. The van der Waals surface area contributed by atoms with Gasteiger partial charge in [0, 0.05) is 49.6 Å². The zero-order valence-electron chi connectivity index (χ0n) is 17.2. The Balaban J connectivity index is 1.34. The number of hydrogen-bond donors (Lipinski definition) is 1. The second kappa shape index (κ2) is 10.2. The maximum absolute atomic E-state index is 12.8. The van der Waals surface area contributed by atoms with Gasteiger partial charge in [0.15, 0.2) is 5.16 Å². The normalized spacial score (nSPS) is 14.1. The van der Waals surface area contributed by atoms with E-state index in [2.05, 4.69) is 22.0 Å². The van der Waals surface area contributed by atoms with Crippen LogP contribution in [0.5, 0.6) is 0 Å². The average molecular weight is 457 g/mol. The fraction of sp³-hybridized carbons (Fsp3) is 0.304. The Labute approximate surface area is 191 Å². The minimum atomic E-state index is -0.128. The smallest absolute Gasteiger partial charge is 0.233 e. The number of para-hydroxylation sites is 1. The molecule has 2 aromatic carbocycles. The number of imidazole rings is 1. The van der Waals surface area contributed by atoms with Gasteiger partial charge in [-0.15, -0.1) is 0 Å². The third-order valence-electron chi connectivity index (χ3n) is 5.30. The summed E-state index contributed by atoms with van der Waals surface area (Å²) >= 11 is 7.39. The first-order valence-electron chi connectivity index (χ1n) is 10.2. The van der Waals surface area contributed by atoms with Crippen LogP contribution >= 0.6 is 23.4 Å². The van der Waals surface area contributed by atoms with Gasteiger partial charge in [0.2, 0.25) is 5.91 Å². The zero-order chi connectivity index (χ0) is 21.6. The van der Waals surface area contributed by atoms with Crippen molar-refractivity contribution in [2.75, 3.05) is 36.8 Å². The number of benzene rings is 2. The van der Waals surface area contributed by atoms with Crippen molar-refractivity contribution in [2.24, 2.45) is 0 Å². The van der Waals surface area contributed by atoms with Gasteiger partial charge in [-0.25, -0.2) is 4.98 Å². The number of thioether (sulfide) groups is 1. The lowest BCUT2D eigenvalue weighted by Gasteiger charge is -2.36. The highest BCUT2D eigenvalue weighted by molar-refractivity contribution is 7.99. The Kier molecular flexibility index (Phi) is 7.17. The number of nitrogens with zero attached hydrogens (tertiary/aromatic N) is 4. The highest BCUT2D eigenvalue weighted by Crippen LogP contribution is 2.22. The van der Waals surface area contributed by atoms with Gasteiger partial charge >= 0.3 is 0 Å². The summed E-state index contributed by atoms with van der Waals surface area (Å²) in [6.45, 7) is 3.58. The number of aromatic nitrogens is 2. The summed E-state index contributed by atoms with van der Waals surface area (Å²) in [6, 6.07) is 17.9. The standard InChI is InChI=1S/C23H25ClN4O2S/c24-19-8-6-18(7-9-19)14-28-15-20(16-29)25-23(28)31-17-22(30)27-12-10-26(11-13-27)21-4-2-1-3-5-21/h1-9,15,29H,10-14,16-17H2. The lowest BCUT2D eigenvalue weighted by atomic mass is 10.2. The van der Waals surface area contributed by atoms with Crippen molar-refractivity contribution in [1.82, 2.24) is 14.5 Å². The molecule has 162 valence electrons. The van der Waals surface area contributed by atoms with Gasteiger partial charge in [0.25, 0.3) is 0 Å². The molecule has 0 saturated carbocycles. The minimum absolute atomic E-state index is 0.115. The molecule has 0 spiro atoms. The summed E-state index contributed by atoms with van der Waals surface area (Å²) in [5.41, 5.74) is 2.88. The van der Waals surface area contributed by atoms with Crippen molar-refractivity contribution < 1.29 is 9.90 Å². The topological polar surface area (TPSA) is 61.6 Å². The average Bonchev–Trinajstić information content (AvgIpc) is 3.21. The van der Waals surface area contributed by atoms with E-state index in [1.807, 2.05) is 58.1 Å². The van der Waals surface area contributed by atoms with Gasteiger partial charge in [0.05, 0.1) is 18.1 Å². The van der Waals surface area contributed by atoms with Crippen LogP contribution in [0.25, 0.3) is 0 Å². The maximum atomic E-state index is 12.8. The molecule has 2 heterocycles. The number of carbonyl (C=O) groups is 1. The lowest BCUT2D eigenvalue weighted by Crippen LogP contribution is -2.49.